The van der Waals surface area contributed by atoms with Crippen LogP contribution in [0, 0.1) is 16.0 Å². The predicted octanol–water partition coefficient (Wildman–Crippen LogP) is 1.03. The number of sulfonamides is 1. The Labute approximate surface area is 123 Å². The van der Waals surface area contributed by atoms with Crippen molar-refractivity contribution in [2.24, 2.45) is 11.7 Å². The molecule has 7 nitrogen and oxygen atoms in total. The second-order valence-electron chi connectivity index (χ2n) is 4.61. The van der Waals surface area contributed by atoms with Gasteiger partial charge in [-0.1, -0.05) is 6.07 Å². The Balaban J connectivity index is 0.00000200. The molecule has 0 saturated heterocycles. The van der Waals surface area contributed by atoms with Crippen LogP contribution in [0.5, 0.6) is 0 Å². The normalized spacial score (nSPS) is 16.2. The number of nitrogens with two attached hydrogens (primary N) is 1. The fraction of sp³-hybridized carbons (Fsp3) is 0.455. The average Bonchev–Trinajstić information content (AvgIpc) is 3.20. The van der Waals surface area contributed by atoms with Crippen LogP contribution in [-0.2, 0) is 10.0 Å². The van der Waals surface area contributed by atoms with Crippen molar-refractivity contribution < 1.29 is 13.3 Å². The fourth-order valence-electron chi connectivity index (χ4n) is 1.74. The van der Waals surface area contributed by atoms with Crippen LogP contribution in [0.4, 0.5) is 5.69 Å². The number of halogens is 1. The highest BCUT2D eigenvalue weighted by molar-refractivity contribution is 7.89. The molecule has 1 aliphatic rings. The summed E-state index contributed by atoms with van der Waals surface area (Å²) in [6.07, 6.45) is 2.05. The molecule has 2 rings (SSSR count). The van der Waals surface area contributed by atoms with Crippen molar-refractivity contribution in [3.63, 3.8) is 0 Å². The smallest absolute Gasteiger partial charge is 0.270 e. The van der Waals surface area contributed by atoms with E-state index in [1.807, 2.05) is 0 Å². The zero-order chi connectivity index (χ0) is 14.0. The van der Waals surface area contributed by atoms with E-state index in [2.05, 4.69) is 4.72 Å². The van der Waals surface area contributed by atoms with Crippen molar-refractivity contribution in [2.75, 3.05) is 6.54 Å². The largest absolute Gasteiger partial charge is 0.326 e. The maximum absolute atomic E-state index is 12.0. The molecule has 1 aromatic rings. The highest BCUT2D eigenvalue weighted by Crippen LogP contribution is 2.31. The molecule has 0 amide bonds. The molecule has 3 N–H and O–H groups in total. The number of benzene rings is 1. The number of nitrogens with zero attached hydrogens (tertiary/aromatic N) is 1. The lowest BCUT2D eigenvalue weighted by Gasteiger charge is -2.11. The van der Waals surface area contributed by atoms with E-state index in [1.165, 1.54) is 18.2 Å². The quantitative estimate of drug-likeness (QED) is 0.599. The van der Waals surface area contributed by atoms with Gasteiger partial charge in [0.15, 0.2) is 0 Å². The molecule has 1 aliphatic carbocycles. The summed E-state index contributed by atoms with van der Waals surface area (Å²) in [6, 6.07) is 4.74. The first kappa shape index (κ1) is 16.8. The molecule has 0 bridgehead atoms. The molecule has 1 aromatic carbocycles. The molecule has 112 valence electrons. The minimum Gasteiger partial charge on any atom is -0.326 e. The number of hydrogen-bond acceptors (Lipinski definition) is 5. The monoisotopic (exact) mass is 321 g/mol. The molecule has 0 spiro atoms. The maximum Gasteiger partial charge on any atom is 0.270 e. The molecule has 0 aliphatic heterocycles. The van der Waals surface area contributed by atoms with E-state index in [0.717, 1.165) is 18.9 Å². The number of nitro benzene ring substituents is 1. The fourth-order valence-corrected chi connectivity index (χ4v) is 2.86. The summed E-state index contributed by atoms with van der Waals surface area (Å²) < 4.78 is 26.3. The van der Waals surface area contributed by atoms with Crippen molar-refractivity contribution in [2.45, 2.75) is 23.8 Å². The molecule has 0 aromatic heterocycles. The standard InChI is InChI=1S/C11H15N3O4S.ClH/c12-11(8-4-5-8)7-13-19(17,18)10-3-1-2-9(6-10)14(15)16;/h1-3,6,8,11,13H,4-5,7,12H2;1H. The van der Waals surface area contributed by atoms with Gasteiger partial charge in [0.25, 0.3) is 5.69 Å². The van der Waals surface area contributed by atoms with Crippen molar-refractivity contribution in [3.8, 4) is 0 Å². The van der Waals surface area contributed by atoms with Crippen LogP contribution < -0.4 is 10.5 Å². The molecule has 1 fully saturated rings. The van der Waals surface area contributed by atoms with Gasteiger partial charge in [0.2, 0.25) is 10.0 Å². The molecule has 0 radical (unpaired) electrons. The first-order valence-corrected chi connectivity index (χ1v) is 7.38. The molecule has 20 heavy (non-hydrogen) atoms. The number of hydrogen-bond donors (Lipinski definition) is 2. The lowest BCUT2D eigenvalue weighted by Crippen LogP contribution is -2.38. The van der Waals surface area contributed by atoms with Gasteiger partial charge in [0.1, 0.15) is 0 Å². The van der Waals surface area contributed by atoms with Crippen LogP contribution >= 0.6 is 12.4 Å². The molecule has 1 saturated carbocycles. The van der Waals surface area contributed by atoms with Crippen LogP contribution in [0.3, 0.4) is 0 Å². The summed E-state index contributed by atoms with van der Waals surface area (Å²) in [5.41, 5.74) is 5.55. The summed E-state index contributed by atoms with van der Waals surface area (Å²) in [7, 11) is -3.75. The minimum atomic E-state index is -3.75. The number of non-ortho nitro benzene ring substituents is 1. The predicted molar refractivity (Wildman–Crippen MR) is 76.2 cm³/mol. The summed E-state index contributed by atoms with van der Waals surface area (Å²) in [4.78, 5) is 9.86. The zero-order valence-electron chi connectivity index (χ0n) is 10.6. The first-order valence-electron chi connectivity index (χ1n) is 5.90. The minimum absolute atomic E-state index is 0. The van der Waals surface area contributed by atoms with Gasteiger partial charge in [-0.05, 0) is 24.8 Å². The van der Waals surface area contributed by atoms with Gasteiger partial charge in [0, 0.05) is 24.7 Å². The average molecular weight is 322 g/mol. The molecular weight excluding hydrogens is 306 g/mol. The Morgan fingerprint density at radius 2 is 2.10 bits per heavy atom. The summed E-state index contributed by atoms with van der Waals surface area (Å²) >= 11 is 0. The van der Waals surface area contributed by atoms with E-state index in [4.69, 9.17) is 5.73 Å². The van der Waals surface area contributed by atoms with E-state index in [1.54, 1.807) is 0 Å². The molecule has 9 heteroatoms. The number of rotatable bonds is 6. The van der Waals surface area contributed by atoms with Gasteiger partial charge in [-0.2, -0.15) is 0 Å². The Kier molecular flexibility index (Phi) is 5.46. The number of nitro groups is 1. The van der Waals surface area contributed by atoms with Crippen molar-refractivity contribution in [1.29, 1.82) is 0 Å². The molecule has 0 heterocycles. The maximum atomic E-state index is 12.0. The highest BCUT2D eigenvalue weighted by Gasteiger charge is 2.29. The summed E-state index contributed by atoms with van der Waals surface area (Å²) in [5.74, 6) is 0.382. The number of nitrogens with one attached hydrogen (secondary N) is 1. The van der Waals surface area contributed by atoms with Gasteiger partial charge in [0.05, 0.1) is 9.82 Å². The van der Waals surface area contributed by atoms with Crippen LogP contribution in [0.15, 0.2) is 29.2 Å². The van der Waals surface area contributed by atoms with E-state index >= 15 is 0 Å². The second kappa shape index (κ2) is 6.49. The molecule has 1 unspecified atom stereocenters. The van der Waals surface area contributed by atoms with Gasteiger partial charge >= 0.3 is 0 Å². The van der Waals surface area contributed by atoms with Gasteiger partial charge in [-0.25, -0.2) is 13.1 Å². The van der Waals surface area contributed by atoms with Crippen molar-refractivity contribution in [1.82, 2.24) is 4.72 Å². The van der Waals surface area contributed by atoms with Gasteiger partial charge in [-0.15, -0.1) is 12.4 Å². The van der Waals surface area contributed by atoms with E-state index in [0.29, 0.717) is 5.92 Å². The van der Waals surface area contributed by atoms with Crippen molar-refractivity contribution >= 4 is 28.1 Å². The Bertz CT molecular complexity index is 589. The third kappa shape index (κ3) is 4.14. The van der Waals surface area contributed by atoms with Crippen LogP contribution in [0.2, 0.25) is 0 Å². The summed E-state index contributed by atoms with van der Waals surface area (Å²) in [5, 5.41) is 10.6. The SMILES string of the molecule is Cl.NC(CNS(=O)(=O)c1cccc([N+](=O)[O-])c1)C1CC1. The van der Waals surface area contributed by atoms with Crippen LogP contribution in [-0.4, -0.2) is 25.9 Å². The highest BCUT2D eigenvalue weighted by atomic mass is 35.5. The topological polar surface area (TPSA) is 115 Å². The van der Waals surface area contributed by atoms with Crippen molar-refractivity contribution in [3.05, 3.63) is 34.4 Å². The lowest BCUT2D eigenvalue weighted by atomic mass is 10.2. The second-order valence-corrected chi connectivity index (χ2v) is 6.37. The third-order valence-electron chi connectivity index (χ3n) is 3.08. The van der Waals surface area contributed by atoms with Gasteiger partial charge in [-0.3, -0.25) is 10.1 Å². The zero-order valence-corrected chi connectivity index (χ0v) is 12.2. The Morgan fingerprint density at radius 3 is 2.65 bits per heavy atom. The lowest BCUT2D eigenvalue weighted by molar-refractivity contribution is -0.385. The van der Waals surface area contributed by atoms with E-state index in [9.17, 15) is 18.5 Å². The first-order chi connectivity index (χ1) is 8.90. The molecular formula is C11H16ClN3O4S. The Morgan fingerprint density at radius 1 is 1.45 bits per heavy atom. The summed E-state index contributed by atoms with van der Waals surface area (Å²) in [6.45, 7) is 0.149. The van der Waals surface area contributed by atoms with Crippen LogP contribution in [0.1, 0.15) is 12.8 Å². The molecule has 1 atom stereocenters. The Hall–Kier alpha value is -1.22. The van der Waals surface area contributed by atoms with E-state index in [-0.39, 0.29) is 35.6 Å². The van der Waals surface area contributed by atoms with E-state index < -0.39 is 14.9 Å². The van der Waals surface area contributed by atoms with Gasteiger partial charge < -0.3 is 5.73 Å². The third-order valence-corrected chi connectivity index (χ3v) is 4.50. The van der Waals surface area contributed by atoms with Crippen LogP contribution in [0.25, 0.3) is 0 Å².